The Labute approximate surface area is 182 Å². The largest absolute Gasteiger partial charge is 0.272 e. The van der Waals surface area contributed by atoms with Gasteiger partial charge in [0.1, 0.15) is 0 Å². The number of unbranched alkanes of at least 4 members (excludes halogenated alkanes) is 3. The first-order valence-corrected chi connectivity index (χ1v) is 11.7. The van der Waals surface area contributed by atoms with Gasteiger partial charge in [0.05, 0.1) is 6.54 Å². The summed E-state index contributed by atoms with van der Waals surface area (Å²) in [7, 11) is 0. The molecule has 2 heterocycles. The molecule has 5 nitrogen and oxygen atoms in total. The quantitative estimate of drug-likeness (QED) is 0.489. The predicted molar refractivity (Wildman–Crippen MR) is 123 cm³/mol. The molecule has 1 aliphatic heterocycles. The van der Waals surface area contributed by atoms with Gasteiger partial charge in [-0.2, -0.15) is 0 Å². The van der Waals surface area contributed by atoms with Gasteiger partial charge in [0.25, 0.3) is 5.91 Å². The Morgan fingerprint density at radius 2 is 1.83 bits per heavy atom. The van der Waals surface area contributed by atoms with E-state index in [0.717, 1.165) is 34.3 Å². The number of benzene rings is 2. The van der Waals surface area contributed by atoms with Crippen molar-refractivity contribution in [2.24, 2.45) is 0 Å². The van der Waals surface area contributed by atoms with Crippen molar-refractivity contribution >= 4 is 17.7 Å². The molecule has 1 amide bonds. The van der Waals surface area contributed by atoms with Gasteiger partial charge in [0.2, 0.25) is 5.16 Å². The number of carbonyl (C=O) groups is 1. The van der Waals surface area contributed by atoms with Crippen LogP contribution >= 0.6 is 11.8 Å². The van der Waals surface area contributed by atoms with Crippen molar-refractivity contribution in [1.29, 1.82) is 0 Å². The van der Waals surface area contributed by atoms with Crippen molar-refractivity contribution in [3.8, 4) is 11.4 Å². The highest BCUT2D eigenvalue weighted by molar-refractivity contribution is 7.99. The SMILES string of the molecule is CCCCCCc1ccc(C(=O)N2CCSc3nnc(-c4ccccc4C)n32)cc1. The van der Waals surface area contributed by atoms with E-state index in [0.29, 0.717) is 12.1 Å². The maximum atomic E-state index is 13.4. The van der Waals surface area contributed by atoms with Crippen LogP contribution in [0.15, 0.2) is 53.7 Å². The number of carbonyl (C=O) groups excluding carboxylic acids is 1. The summed E-state index contributed by atoms with van der Waals surface area (Å²) in [6.45, 7) is 4.91. The van der Waals surface area contributed by atoms with Gasteiger partial charge in [-0.3, -0.25) is 4.79 Å². The van der Waals surface area contributed by atoms with Crippen LogP contribution in [0.2, 0.25) is 0 Å². The van der Waals surface area contributed by atoms with E-state index < -0.39 is 0 Å². The summed E-state index contributed by atoms with van der Waals surface area (Å²) in [5, 5.41) is 11.3. The van der Waals surface area contributed by atoms with Crippen LogP contribution < -0.4 is 5.01 Å². The van der Waals surface area contributed by atoms with Crippen molar-refractivity contribution in [2.75, 3.05) is 17.3 Å². The van der Waals surface area contributed by atoms with E-state index in [1.54, 1.807) is 16.8 Å². The summed E-state index contributed by atoms with van der Waals surface area (Å²) >= 11 is 1.64. The molecule has 0 saturated heterocycles. The summed E-state index contributed by atoms with van der Waals surface area (Å²) in [6, 6.07) is 16.2. The number of hydrogen-bond donors (Lipinski definition) is 0. The van der Waals surface area contributed by atoms with Gasteiger partial charge in [-0.15, -0.1) is 10.2 Å². The first kappa shape index (κ1) is 20.7. The molecule has 1 aromatic heterocycles. The summed E-state index contributed by atoms with van der Waals surface area (Å²) < 4.78 is 1.89. The maximum Gasteiger partial charge on any atom is 0.272 e. The molecular weight excluding hydrogens is 392 g/mol. The fraction of sp³-hybridized carbons (Fsp3) is 0.375. The van der Waals surface area contributed by atoms with Crippen molar-refractivity contribution in [1.82, 2.24) is 14.9 Å². The number of aromatic nitrogens is 3. The summed E-state index contributed by atoms with van der Waals surface area (Å²) in [6.07, 6.45) is 6.07. The molecule has 0 spiro atoms. The van der Waals surface area contributed by atoms with Crippen LogP contribution in [-0.2, 0) is 6.42 Å². The normalized spacial score (nSPS) is 13.3. The Morgan fingerprint density at radius 1 is 1.03 bits per heavy atom. The third kappa shape index (κ3) is 4.29. The van der Waals surface area contributed by atoms with Crippen LogP contribution in [0.25, 0.3) is 11.4 Å². The van der Waals surface area contributed by atoms with Crippen molar-refractivity contribution in [3.63, 3.8) is 0 Å². The van der Waals surface area contributed by atoms with Gasteiger partial charge in [-0.25, -0.2) is 9.69 Å². The second kappa shape index (κ2) is 9.47. The highest BCUT2D eigenvalue weighted by Gasteiger charge is 2.29. The number of fused-ring (bicyclic) bond motifs is 1. The Kier molecular flexibility index (Phi) is 6.53. The van der Waals surface area contributed by atoms with Gasteiger partial charge in [0, 0.05) is 16.9 Å². The minimum absolute atomic E-state index is 0.0104. The standard InChI is InChI=1S/C24H28N4OS/c1-3-4-5-6-10-19-12-14-20(15-13-19)23(29)27-16-17-30-24-26-25-22(28(24)27)21-11-8-7-9-18(21)2/h7-9,11-15H,3-6,10,16-17H2,1-2H3. The van der Waals surface area contributed by atoms with Crippen LogP contribution in [0.5, 0.6) is 0 Å². The van der Waals surface area contributed by atoms with Crippen LogP contribution in [0, 0.1) is 6.92 Å². The maximum absolute atomic E-state index is 13.4. The zero-order valence-electron chi connectivity index (χ0n) is 17.7. The number of aryl methyl sites for hydroxylation is 2. The number of nitrogens with zero attached hydrogens (tertiary/aromatic N) is 4. The zero-order valence-corrected chi connectivity index (χ0v) is 18.5. The number of hydrogen-bond acceptors (Lipinski definition) is 4. The molecule has 2 aromatic carbocycles. The molecule has 0 unspecified atom stereocenters. The van der Waals surface area contributed by atoms with Crippen LogP contribution in [0.4, 0.5) is 0 Å². The van der Waals surface area contributed by atoms with Crippen molar-refractivity contribution in [3.05, 3.63) is 65.2 Å². The van der Waals surface area contributed by atoms with Gasteiger partial charge in [-0.05, 0) is 43.0 Å². The van der Waals surface area contributed by atoms with E-state index in [1.807, 2.05) is 35.0 Å². The fourth-order valence-electron chi connectivity index (χ4n) is 3.80. The molecule has 0 radical (unpaired) electrons. The Hall–Kier alpha value is -2.60. The first-order chi connectivity index (χ1) is 14.7. The average Bonchev–Trinajstić information content (AvgIpc) is 3.21. The average molecular weight is 421 g/mol. The molecule has 3 aromatic rings. The predicted octanol–water partition coefficient (Wildman–Crippen LogP) is 5.26. The molecule has 0 N–H and O–H groups in total. The van der Waals surface area contributed by atoms with E-state index in [-0.39, 0.29) is 5.91 Å². The number of thioether (sulfide) groups is 1. The van der Waals surface area contributed by atoms with Crippen molar-refractivity contribution in [2.45, 2.75) is 51.1 Å². The van der Waals surface area contributed by atoms with Crippen LogP contribution in [0.3, 0.4) is 0 Å². The summed E-state index contributed by atoms with van der Waals surface area (Å²) in [4.78, 5) is 13.4. The van der Waals surface area contributed by atoms with Gasteiger partial charge >= 0.3 is 0 Å². The molecule has 6 heteroatoms. The third-order valence-electron chi connectivity index (χ3n) is 5.53. The minimum atomic E-state index is -0.0104. The number of amides is 1. The summed E-state index contributed by atoms with van der Waals surface area (Å²) in [5.74, 6) is 1.52. The second-order valence-electron chi connectivity index (χ2n) is 7.72. The Balaban J connectivity index is 1.57. The topological polar surface area (TPSA) is 51.0 Å². The monoisotopic (exact) mass is 420 g/mol. The molecule has 4 rings (SSSR count). The van der Waals surface area contributed by atoms with E-state index >= 15 is 0 Å². The zero-order chi connectivity index (χ0) is 20.9. The van der Waals surface area contributed by atoms with E-state index in [9.17, 15) is 4.79 Å². The molecule has 0 aliphatic carbocycles. The van der Waals surface area contributed by atoms with E-state index in [4.69, 9.17) is 0 Å². The van der Waals surface area contributed by atoms with Crippen LogP contribution in [0.1, 0.15) is 54.1 Å². The molecule has 0 fully saturated rings. The summed E-state index contributed by atoms with van der Waals surface area (Å²) in [5.41, 5.74) is 4.11. The first-order valence-electron chi connectivity index (χ1n) is 10.7. The molecule has 30 heavy (non-hydrogen) atoms. The second-order valence-corrected chi connectivity index (χ2v) is 8.78. The van der Waals surface area contributed by atoms with E-state index in [1.165, 1.54) is 31.2 Å². The molecule has 156 valence electrons. The molecule has 0 bridgehead atoms. The molecule has 0 atom stereocenters. The lowest BCUT2D eigenvalue weighted by molar-refractivity contribution is 0.0956. The molecular formula is C24H28N4OS. The lowest BCUT2D eigenvalue weighted by Crippen LogP contribution is -2.45. The van der Waals surface area contributed by atoms with Gasteiger partial charge in [-0.1, -0.05) is 74.3 Å². The lowest BCUT2D eigenvalue weighted by Gasteiger charge is -2.29. The van der Waals surface area contributed by atoms with Gasteiger partial charge in [0.15, 0.2) is 5.82 Å². The molecule has 0 saturated carbocycles. The number of rotatable bonds is 7. The van der Waals surface area contributed by atoms with Gasteiger partial charge < -0.3 is 0 Å². The minimum Gasteiger partial charge on any atom is -0.267 e. The Morgan fingerprint density at radius 3 is 2.60 bits per heavy atom. The fourth-order valence-corrected chi connectivity index (χ4v) is 4.65. The van der Waals surface area contributed by atoms with Crippen molar-refractivity contribution < 1.29 is 4.79 Å². The Bertz CT molecular complexity index is 1010. The van der Waals surface area contributed by atoms with Crippen LogP contribution in [-0.4, -0.2) is 33.1 Å². The third-order valence-corrected chi connectivity index (χ3v) is 6.43. The molecule has 1 aliphatic rings. The highest BCUT2D eigenvalue weighted by atomic mass is 32.2. The lowest BCUT2D eigenvalue weighted by atomic mass is 10.0. The highest BCUT2D eigenvalue weighted by Crippen LogP contribution is 2.30. The smallest absolute Gasteiger partial charge is 0.267 e. The van der Waals surface area contributed by atoms with E-state index in [2.05, 4.69) is 42.2 Å².